The van der Waals surface area contributed by atoms with Crippen molar-refractivity contribution in [2.75, 3.05) is 16.3 Å². The van der Waals surface area contributed by atoms with E-state index < -0.39 is 11.8 Å². The number of anilines is 2. The quantitative estimate of drug-likeness (QED) is 0.292. The van der Waals surface area contributed by atoms with Crippen LogP contribution in [0, 0.1) is 0 Å². The maximum atomic E-state index is 12.0. The minimum Gasteiger partial charge on any atom is -0.494 e. The molecule has 0 fully saturated rings. The first kappa shape index (κ1) is 26.1. The van der Waals surface area contributed by atoms with Crippen LogP contribution in [0.4, 0.5) is 11.4 Å². The molecule has 10 nitrogen and oxygen atoms in total. The van der Waals surface area contributed by atoms with Crippen LogP contribution >= 0.6 is 0 Å². The number of ether oxygens (including phenoxy) is 2. The molecule has 3 aromatic carbocycles. The van der Waals surface area contributed by atoms with Gasteiger partial charge in [0, 0.05) is 49.9 Å². The molecule has 0 bridgehead atoms. The maximum absolute atomic E-state index is 12.0. The summed E-state index contributed by atoms with van der Waals surface area (Å²) in [6.45, 7) is 3.47. The molecule has 10 heteroatoms. The molecule has 0 atom stereocenters. The van der Waals surface area contributed by atoms with Gasteiger partial charge in [-0.15, -0.1) is 0 Å². The van der Waals surface area contributed by atoms with Crippen molar-refractivity contribution in [3.05, 3.63) is 91.0 Å². The molecule has 4 aromatic rings. The number of benzene rings is 3. The minimum absolute atomic E-state index is 0.197. The predicted octanol–water partition coefficient (Wildman–Crippen LogP) is 5.28. The fraction of sp³-hybridized carbons (Fsp3) is 0.100. The molecular weight excluding hydrogens is 514 g/mol. The third kappa shape index (κ3) is 5.10. The smallest absolute Gasteiger partial charge is 0.258 e. The Hall–Kier alpha value is -5.51. The van der Waals surface area contributed by atoms with Crippen molar-refractivity contribution in [2.45, 2.75) is 13.8 Å². The Balaban J connectivity index is 1.35. The molecule has 1 aliphatic rings. The van der Waals surface area contributed by atoms with Crippen LogP contribution in [0.5, 0.6) is 34.8 Å². The molecule has 2 N–H and O–H groups in total. The van der Waals surface area contributed by atoms with Gasteiger partial charge in [0.2, 0.25) is 17.7 Å². The molecule has 1 aliphatic heterocycles. The molecule has 40 heavy (non-hydrogen) atoms. The van der Waals surface area contributed by atoms with Crippen molar-refractivity contribution in [3.63, 3.8) is 0 Å². The van der Waals surface area contributed by atoms with Crippen LogP contribution in [0.3, 0.4) is 0 Å². The normalized spacial score (nSPS) is 12.6. The van der Waals surface area contributed by atoms with Crippen molar-refractivity contribution in [1.82, 2.24) is 4.57 Å². The van der Waals surface area contributed by atoms with Crippen LogP contribution in [-0.2, 0) is 14.4 Å². The number of aromatic nitrogens is 1. The Morgan fingerprint density at radius 3 is 1.82 bits per heavy atom. The Bertz CT molecular complexity index is 1640. The summed E-state index contributed by atoms with van der Waals surface area (Å²) in [5, 5.41) is 21.3. The van der Waals surface area contributed by atoms with Crippen molar-refractivity contribution in [3.8, 4) is 40.4 Å². The minimum atomic E-state index is -0.418. The maximum Gasteiger partial charge on any atom is 0.258 e. The van der Waals surface area contributed by atoms with Crippen molar-refractivity contribution < 1.29 is 34.1 Å². The lowest BCUT2D eigenvalue weighted by Gasteiger charge is -2.18. The average molecular weight is 540 g/mol. The Morgan fingerprint density at radius 1 is 0.775 bits per heavy atom. The van der Waals surface area contributed by atoms with Crippen LogP contribution in [0.25, 0.3) is 5.69 Å². The van der Waals surface area contributed by atoms with Crippen LogP contribution in [0.1, 0.15) is 13.8 Å². The van der Waals surface area contributed by atoms with E-state index in [0.717, 1.165) is 4.90 Å². The largest absolute Gasteiger partial charge is 0.494 e. The van der Waals surface area contributed by atoms with E-state index in [4.69, 9.17) is 9.47 Å². The number of imide groups is 1. The van der Waals surface area contributed by atoms with Gasteiger partial charge in [-0.05, 0) is 43.3 Å². The highest BCUT2D eigenvalue weighted by Gasteiger charge is 2.25. The molecule has 1 aromatic heterocycles. The van der Waals surface area contributed by atoms with Gasteiger partial charge in [0.05, 0.1) is 11.4 Å². The second-order valence-electron chi connectivity index (χ2n) is 8.83. The molecule has 202 valence electrons. The third-order valence-electron chi connectivity index (χ3n) is 6.16. The van der Waals surface area contributed by atoms with E-state index in [1.54, 1.807) is 79.7 Å². The number of carbonyl (C=O) groups excluding carboxylic acids is 3. The molecule has 3 amide bonds. The highest BCUT2D eigenvalue weighted by atomic mass is 16.5. The lowest BCUT2D eigenvalue weighted by molar-refractivity contribution is -0.120. The fourth-order valence-corrected chi connectivity index (χ4v) is 4.39. The fourth-order valence-electron chi connectivity index (χ4n) is 4.39. The highest BCUT2D eigenvalue weighted by Crippen LogP contribution is 2.39. The van der Waals surface area contributed by atoms with E-state index in [-0.39, 0.29) is 23.4 Å². The zero-order valence-electron chi connectivity index (χ0n) is 21.6. The second kappa shape index (κ2) is 10.7. The highest BCUT2D eigenvalue weighted by molar-refractivity contribution is 6.28. The van der Waals surface area contributed by atoms with Gasteiger partial charge in [-0.25, -0.2) is 9.47 Å². The van der Waals surface area contributed by atoms with Gasteiger partial charge < -0.3 is 24.6 Å². The van der Waals surface area contributed by atoms with Gasteiger partial charge in [0.25, 0.3) is 11.8 Å². The summed E-state index contributed by atoms with van der Waals surface area (Å²) < 4.78 is 13.2. The molecule has 2 heterocycles. The Morgan fingerprint density at radius 2 is 1.27 bits per heavy atom. The lowest BCUT2D eigenvalue weighted by Crippen LogP contribution is -2.29. The van der Waals surface area contributed by atoms with Crippen LogP contribution in [0.2, 0.25) is 0 Å². The molecule has 0 saturated carbocycles. The molecule has 5 rings (SSSR count). The summed E-state index contributed by atoms with van der Waals surface area (Å²) >= 11 is 0. The van der Waals surface area contributed by atoms with Crippen LogP contribution < -0.4 is 19.3 Å². The topological polar surface area (TPSA) is 122 Å². The van der Waals surface area contributed by atoms with Gasteiger partial charge in [0.15, 0.2) is 0 Å². The summed E-state index contributed by atoms with van der Waals surface area (Å²) in [6, 6.07) is 21.6. The van der Waals surface area contributed by atoms with Gasteiger partial charge in [0.1, 0.15) is 28.7 Å². The van der Waals surface area contributed by atoms with Crippen molar-refractivity contribution in [2.24, 2.45) is 0 Å². The second-order valence-corrected chi connectivity index (χ2v) is 8.83. The van der Waals surface area contributed by atoms with Gasteiger partial charge >= 0.3 is 0 Å². The van der Waals surface area contributed by atoms with E-state index >= 15 is 0 Å². The lowest BCUT2D eigenvalue weighted by atomic mass is 10.2. The van der Waals surface area contributed by atoms with E-state index in [9.17, 15) is 24.6 Å². The average Bonchev–Trinajstić information content (AvgIpc) is 3.41. The summed E-state index contributed by atoms with van der Waals surface area (Å²) in [6.07, 6.45) is 2.44. The Kier molecular flexibility index (Phi) is 6.98. The van der Waals surface area contributed by atoms with E-state index in [1.807, 2.05) is 0 Å². The van der Waals surface area contributed by atoms with E-state index in [1.165, 1.54) is 34.6 Å². The third-order valence-corrected chi connectivity index (χ3v) is 6.16. The summed E-state index contributed by atoms with van der Waals surface area (Å²) in [4.78, 5) is 38.4. The molecule has 0 aliphatic carbocycles. The predicted molar refractivity (Wildman–Crippen MR) is 147 cm³/mol. The van der Waals surface area contributed by atoms with Crippen LogP contribution in [0.15, 0.2) is 91.0 Å². The summed E-state index contributed by atoms with van der Waals surface area (Å²) in [7, 11) is 0. The molecule has 0 spiro atoms. The van der Waals surface area contributed by atoms with Gasteiger partial charge in [-0.1, -0.05) is 18.2 Å². The number of hydrogen-bond donors (Lipinski definition) is 2. The molecular formula is C30H25N3O7. The van der Waals surface area contributed by atoms with Gasteiger partial charge in [-0.3, -0.25) is 14.4 Å². The summed E-state index contributed by atoms with van der Waals surface area (Å²) in [5.74, 6) is 0.127. The molecule has 0 unspecified atom stereocenters. The van der Waals surface area contributed by atoms with E-state index in [2.05, 4.69) is 0 Å². The Labute approximate surface area is 229 Å². The van der Waals surface area contributed by atoms with Gasteiger partial charge in [-0.2, -0.15) is 0 Å². The number of amides is 3. The van der Waals surface area contributed by atoms with Crippen molar-refractivity contribution >= 4 is 29.1 Å². The number of carbonyl (C=O) groups is 3. The SMILES string of the molecule is CCN(C(C)=O)c1cc(O)n(-c2cccc(Oc3cccc(Oc4cccc(N5C(=O)C=CC5=O)c4)c3)c2)c1O. The summed E-state index contributed by atoms with van der Waals surface area (Å²) in [5.41, 5.74) is 1.01. The van der Waals surface area contributed by atoms with Crippen LogP contribution in [-0.4, -0.2) is 39.0 Å². The number of aromatic hydroxyl groups is 2. The zero-order chi connectivity index (χ0) is 28.4. The molecule has 0 saturated heterocycles. The number of nitrogens with zero attached hydrogens (tertiary/aromatic N) is 3. The molecule has 0 radical (unpaired) electrons. The first-order valence-electron chi connectivity index (χ1n) is 12.4. The number of rotatable bonds is 8. The standard InChI is InChI=1S/C30H25N3O7/c1-3-31(19(2)34)26-18-29(37)33(30(26)38)21-8-5-10-23(16-21)40-25-12-6-11-24(17-25)39-22-9-4-7-20(15-22)32-27(35)13-14-28(32)36/h4-18,37-38H,3H2,1-2H3. The zero-order valence-corrected chi connectivity index (χ0v) is 21.6. The first-order chi connectivity index (χ1) is 19.2. The monoisotopic (exact) mass is 539 g/mol. The van der Waals surface area contributed by atoms with E-state index in [0.29, 0.717) is 40.9 Å². The number of hydrogen-bond acceptors (Lipinski definition) is 7. The first-order valence-corrected chi connectivity index (χ1v) is 12.4. The van der Waals surface area contributed by atoms with Crippen molar-refractivity contribution in [1.29, 1.82) is 0 Å².